The molecule has 0 saturated carbocycles. The number of aliphatic imine (C=N–C) groups is 1. The van der Waals surface area contributed by atoms with E-state index in [1.165, 1.54) is 5.56 Å². The molecule has 6 heteroatoms. The lowest BCUT2D eigenvalue weighted by Gasteiger charge is -2.32. The van der Waals surface area contributed by atoms with Crippen molar-refractivity contribution in [3.63, 3.8) is 0 Å². The predicted molar refractivity (Wildman–Crippen MR) is 102 cm³/mol. The van der Waals surface area contributed by atoms with Gasteiger partial charge in [0.15, 0.2) is 6.19 Å². The van der Waals surface area contributed by atoms with Crippen molar-refractivity contribution in [1.29, 1.82) is 5.26 Å². The smallest absolute Gasteiger partial charge is 0.309 e. The molecule has 0 radical (unpaired) electrons. The predicted octanol–water partition coefficient (Wildman–Crippen LogP) is 2.57. The van der Waals surface area contributed by atoms with Crippen molar-refractivity contribution in [3.05, 3.63) is 60.2 Å². The van der Waals surface area contributed by atoms with Crippen molar-refractivity contribution in [2.24, 2.45) is 4.99 Å². The summed E-state index contributed by atoms with van der Waals surface area (Å²) in [5.41, 5.74) is 1.99. The standard InChI is InChI=1S/C20H23N5O/c1-24-11-13-25(14-12-24)15-17-7-9-18(10-8-17)23-20(22-16-21)26-19-5-3-2-4-6-19/h2-10H,11-15H2,1H3,(H,22,23). The molecule has 1 aliphatic heterocycles. The number of nitriles is 1. The van der Waals surface area contributed by atoms with Crippen LogP contribution in [0.5, 0.6) is 5.75 Å². The molecule has 0 atom stereocenters. The normalized spacial score (nSPS) is 16.1. The molecule has 1 N–H and O–H groups in total. The third kappa shape index (κ3) is 5.31. The van der Waals surface area contributed by atoms with Crippen LogP contribution in [-0.4, -0.2) is 49.0 Å². The Balaban J connectivity index is 1.64. The molecule has 6 nitrogen and oxygen atoms in total. The first kappa shape index (κ1) is 17.9. The van der Waals surface area contributed by atoms with Crippen LogP contribution in [0.2, 0.25) is 0 Å². The summed E-state index contributed by atoms with van der Waals surface area (Å²) < 4.78 is 5.62. The highest BCUT2D eigenvalue weighted by molar-refractivity contribution is 5.80. The van der Waals surface area contributed by atoms with Crippen molar-refractivity contribution in [2.45, 2.75) is 6.54 Å². The monoisotopic (exact) mass is 349 g/mol. The molecule has 0 unspecified atom stereocenters. The summed E-state index contributed by atoms with van der Waals surface area (Å²) in [6.45, 7) is 5.36. The molecule has 0 bridgehead atoms. The molecule has 26 heavy (non-hydrogen) atoms. The first-order valence-electron chi connectivity index (χ1n) is 8.69. The summed E-state index contributed by atoms with van der Waals surface area (Å²) in [6.07, 6.45) is 1.86. The number of nitrogens with zero attached hydrogens (tertiary/aromatic N) is 4. The molecular formula is C20H23N5O. The lowest BCUT2D eigenvalue weighted by molar-refractivity contribution is 0.148. The van der Waals surface area contributed by atoms with Gasteiger partial charge >= 0.3 is 6.02 Å². The maximum atomic E-state index is 8.91. The highest BCUT2D eigenvalue weighted by Crippen LogP contribution is 2.16. The molecule has 1 aliphatic rings. The van der Waals surface area contributed by atoms with Crippen molar-refractivity contribution in [1.82, 2.24) is 15.1 Å². The Morgan fingerprint density at radius 2 is 1.77 bits per heavy atom. The summed E-state index contributed by atoms with van der Waals surface area (Å²) in [6, 6.07) is 17.5. The van der Waals surface area contributed by atoms with E-state index in [4.69, 9.17) is 10.00 Å². The minimum absolute atomic E-state index is 0.158. The molecule has 1 saturated heterocycles. The van der Waals surface area contributed by atoms with E-state index in [0.717, 1.165) is 38.4 Å². The summed E-state index contributed by atoms with van der Waals surface area (Å²) in [5, 5.41) is 11.4. The Bertz CT molecular complexity index is 759. The maximum Gasteiger partial charge on any atom is 0.309 e. The Kier molecular flexibility index (Phi) is 6.20. The molecular weight excluding hydrogens is 326 g/mol. The minimum Gasteiger partial charge on any atom is -0.425 e. The Hall–Kier alpha value is -2.88. The third-order valence-electron chi connectivity index (χ3n) is 4.29. The second-order valence-corrected chi connectivity index (χ2v) is 6.31. The first-order chi connectivity index (χ1) is 12.7. The molecule has 0 amide bonds. The number of piperazine rings is 1. The highest BCUT2D eigenvalue weighted by atomic mass is 16.5. The summed E-state index contributed by atoms with van der Waals surface area (Å²) in [5.74, 6) is 0.626. The van der Waals surface area contributed by atoms with Gasteiger partial charge in [-0.05, 0) is 36.9 Å². The van der Waals surface area contributed by atoms with Crippen LogP contribution in [0.4, 0.5) is 5.69 Å². The maximum absolute atomic E-state index is 8.91. The number of hydrogen-bond donors (Lipinski definition) is 1. The number of para-hydroxylation sites is 1. The van der Waals surface area contributed by atoms with Gasteiger partial charge in [-0.2, -0.15) is 10.3 Å². The van der Waals surface area contributed by atoms with Crippen LogP contribution in [-0.2, 0) is 6.54 Å². The lowest BCUT2D eigenvalue weighted by atomic mass is 10.2. The van der Waals surface area contributed by atoms with E-state index in [-0.39, 0.29) is 6.02 Å². The fraction of sp³-hybridized carbons (Fsp3) is 0.300. The SMILES string of the molecule is CN1CCN(Cc2ccc(N=C(NC#N)Oc3ccccc3)cc2)CC1. The summed E-state index contributed by atoms with van der Waals surface area (Å²) in [7, 11) is 2.16. The third-order valence-corrected chi connectivity index (χ3v) is 4.29. The van der Waals surface area contributed by atoms with Crippen molar-refractivity contribution in [3.8, 4) is 11.9 Å². The van der Waals surface area contributed by atoms with Gasteiger partial charge in [-0.3, -0.25) is 4.90 Å². The van der Waals surface area contributed by atoms with Gasteiger partial charge in [0.2, 0.25) is 0 Å². The van der Waals surface area contributed by atoms with Crippen LogP contribution in [0.15, 0.2) is 59.6 Å². The zero-order valence-electron chi connectivity index (χ0n) is 14.9. The average Bonchev–Trinajstić information content (AvgIpc) is 2.66. The van der Waals surface area contributed by atoms with Gasteiger partial charge in [0.05, 0.1) is 5.69 Å². The van der Waals surface area contributed by atoms with Crippen LogP contribution >= 0.6 is 0 Å². The number of benzene rings is 2. The van der Waals surface area contributed by atoms with Gasteiger partial charge < -0.3 is 9.64 Å². The van der Waals surface area contributed by atoms with Crippen molar-refractivity contribution < 1.29 is 4.74 Å². The van der Waals surface area contributed by atoms with Crippen molar-refractivity contribution >= 4 is 11.7 Å². The number of ether oxygens (including phenoxy) is 1. The number of likely N-dealkylation sites (N-methyl/N-ethyl adjacent to an activating group) is 1. The molecule has 3 rings (SSSR count). The van der Waals surface area contributed by atoms with E-state index >= 15 is 0 Å². The van der Waals surface area contributed by atoms with Gasteiger partial charge in [-0.25, -0.2) is 5.32 Å². The highest BCUT2D eigenvalue weighted by Gasteiger charge is 2.13. The van der Waals surface area contributed by atoms with E-state index < -0.39 is 0 Å². The summed E-state index contributed by atoms with van der Waals surface area (Å²) >= 11 is 0. The molecule has 0 aliphatic carbocycles. The van der Waals surface area contributed by atoms with Gasteiger partial charge in [0, 0.05) is 32.7 Å². The summed E-state index contributed by atoms with van der Waals surface area (Å²) in [4.78, 5) is 9.19. The molecule has 1 fully saturated rings. The Labute approximate surface area is 154 Å². The van der Waals surface area contributed by atoms with Gasteiger partial charge in [0.1, 0.15) is 5.75 Å². The van der Waals surface area contributed by atoms with E-state index in [2.05, 4.69) is 39.3 Å². The van der Waals surface area contributed by atoms with Crippen LogP contribution in [0.3, 0.4) is 0 Å². The number of amidine groups is 1. The largest absolute Gasteiger partial charge is 0.425 e. The second-order valence-electron chi connectivity index (χ2n) is 6.31. The van der Waals surface area contributed by atoms with Gasteiger partial charge in [-0.1, -0.05) is 30.3 Å². The second kappa shape index (κ2) is 8.99. The van der Waals surface area contributed by atoms with Crippen molar-refractivity contribution in [2.75, 3.05) is 33.2 Å². The van der Waals surface area contributed by atoms with Gasteiger partial charge in [0.25, 0.3) is 0 Å². The number of hydrogen-bond acceptors (Lipinski definition) is 5. The van der Waals surface area contributed by atoms with E-state index in [1.807, 2.05) is 48.7 Å². The quantitative estimate of drug-likeness (QED) is 0.398. The van der Waals surface area contributed by atoms with E-state index in [9.17, 15) is 0 Å². The van der Waals surface area contributed by atoms with E-state index in [0.29, 0.717) is 5.75 Å². The van der Waals surface area contributed by atoms with Crippen LogP contribution in [0, 0.1) is 11.5 Å². The Morgan fingerprint density at radius 1 is 1.08 bits per heavy atom. The molecule has 2 aromatic rings. The van der Waals surface area contributed by atoms with Crippen LogP contribution in [0.1, 0.15) is 5.56 Å². The van der Waals surface area contributed by atoms with Crippen LogP contribution < -0.4 is 10.1 Å². The number of nitrogens with one attached hydrogen (secondary N) is 1. The fourth-order valence-electron chi connectivity index (χ4n) is 2.78. The minimum atomic E-state index is 0.158. The number of rotatable bonds is 4. The first-order valence-corrected chi connectivity index (χ1v) is 8.69. The molecule has 0 spiro atoms. The molecule has 2 aromatic carbocycles. The van der Waals surface area contributed by atoms with Gasteiger partial charge in [-0.15, -0.1) is 0 Å². The molecule has 0 aromatic heterocycles. The fourth-order valence-corrected chi connectivity index (χ4v) is 2.78. The van der Waals surface area contributed by atoms with E-state index in [1.54, 1.807) is 0 Å². The average molecular weight is 349 g/mol. The molecule has 1 heterocycles. The zero-order valence-corrected chi connectivity index (χ0v) is 14.9. The van der Waals surface area contributed by atoms with Crippen LogP contribution in [0.25, 0.3) is 0 Å². The lowest BCUT2D eigenvalue weighted by Crippen LogP contribution is -2.43. The zero-order chi connectivity index (χ0) is 18.2. The molecule has 134 valence electrons. The Morgan fingerprint density at radius 3 is 2.42 bits per heavy atom. The topological polar surface area (TPSA) is 63.9 Å².